The summed E-state index contributed by atoms with van der Waals surface area (Å²) in [7, 11) is 1.68. The van der Waals surface area contributed by atoms with E-state index >= 15 is 0 Å². The molecule has 1 atom stereocenters. The summed E-state index contributed by atoms with van der Waals surface area (Å²) in [4.78, 5) is 0. The molecule has 1 aromatic carbocycles. The van der Waals surface area contributed by atoms with Gasteiger partial charge in [0.1, 0.15) is 5.75 Å². The maximum Gasteiger partial charge on any atom is 0.118 e. The molecule has 1 aromatic rings. The zero-order valence-corrected chi connectivity index (χ0v) is 10.4. The first-order valence-electron chi connectivity index (χ1n) is 6.31. The maximum atomic E-state index is 9.68. The van der Waals surface area contributed by atoms with Crippen LogP contribution < -0.4 is 10.1 Å². The molecule has 0 saturated heterocycles. The Balaban J connectivity index is 1.63. The van der Waals surface area contributed by atoms with Gasteiger partial charge in [-0.15, -0.1) is 0 Å². The predicted octanol–water partition coefficient (Wildman–Crippen LogP) is 1.60. The second kappa shape index (κ2) is 6.03. The number of hydrogen-bond donors (Lipinski definition) is 2. The topological polar surface area (TPSA) is 41.5 Å². The third-order valence-electron chi connectivity index (χ3n) is 3.27. The summed E-state index contributed by atoms with van der Waals surface area (Å²) in [5.74, 6) is 1.45. The molecule has 17 heavy (non-hydrogen) atoms. The number of ether oxygens (including phenoxy) is 1. The SMILES string of the molecule is COc1ccc(CCNCC(O)C2CC2)cc1. The minimum atomic E-state index is -0.147. The molecule has 2 rings (SSSR count). The second-order valence-electron chi connectivity index (χ2n) is 4.71. The van der Waals surface area contributed by atoms with Gasteiger partial charge in [0.2, 0.25) is 0 Å². The summed E-state index contributed by atoms with van der Waals surface area (Å²) in [6, 6.07) is 8.12. The zero-order chi connectivity index (χ0) is 12.1. The van der Waals surface area contributed by atoms with Crippen LogP contribution in [-0.2, 0) is 6.42 Å². The first-order chi connectivity index (χ1) is 8.29. The average Bonchev–Trinajstić information content (AvgIpc) is 3.19. The van der Waals surface area contributed by atoms with Crippen LogP contribution in [0.3, 0.4) is 0 Å². The minimum Gasteiger partial charge on any atom is -0.497 e. The van der Waals surface area contributed by atoms with E-state index in [0.29, 0.717) is 5.92 Å². The normalized spacial score (nSPS) is 16.8. The van der Waals surface area contributed by atoms with Gasteiger partial charge in [0, 0.05) is 6.54 Å². The Morgan fingerprint density at radius 3 is 2.65 bits per heavy atom. The van der Waals surface area contributed by atoms with Gasteiger partial charge < -0.3 is 15.2 Å². The van der Waals surface area contributed by atoms with Crippen molar-refractivity contribution in [2.45, 2.75) is 25.4 Å². The van der Waals surface area contributed by atoms with Crippen LogP contribution in [0.5, 0.6) is 5.75 Å². The van der Waals surface area contributed by atoms with Gasteiger partial charge in [-0.2, -0.15) is 0 Å². The van der Waals surface area contributed by atoms with Crippen LogP contribution in [0.2, 0.25) is 0 Å². The maximum absolute atomic E-state index is 9.68. The van der Waals surface area contributed by atoms with E-state index in [2.05, 4.69) is 17.4 Å². The van der Waals surface area contributed by atoms with Crippen molar-refractivity contribution in [2.75, 3.05) is 20.2 Å². The quantitative estimate of drug-likeness (QED) is 0.705. The summed E-state index contributed by atoms with van der Waals surface area (Å²) in [5.41, 5.74) is 1.29. The molecule has 94 valence electrons. The highest BCUT2D eigenvalue weighted by molar-refractivity contribution is 5.27. The lowest BCUT2D eigenvalue weighted by Crippen LogP contribution is -2.29. The van der Waals surface area contributed by atoms with E-state index in [1.807, 2.05) is 12.1 Å². The Morgan fingerprint density at radius 2 is 2.06 bits per heavy atom. The first-order valence-corrected chi connectivity index (χ1v) is 6.31. The van der Waals surface area contributed by atoms with Gasteiger partial charge in [0.15, 0.2) is 0 Å². The largest absolute Gasteiger partial charge is 0.497 e. The monoisotopic (exact) mass is 235 g/mol. The van der Waals surface area contributed by atoms with E-state index in [9.17, 15) is 5.11 Å². The Kier molecular flexibility index (Phi) is 4.40. The number of hydrogen-bond acceptors (Lipinski definition) is 3. The minimum absolute atomic E-state index is 0.147. The highest BCUT2D eigenvalue weighted by atomic mass is 16.5. The van der Waals surface area contributed by atoms with E-state index in [1.54, 1.807) is 7.11 Å². The van der Waals surface area contributed by atoms with Gasteiger partial charge in [-0.3, -0.25) is 0 Å². The van der Waals surface area contributed by atoms with Crippen molar-refractivity contribution in [3.63, 3.8) is 0 Å². The van der Waals surface area contributed by atoms with Crippen LogP contribution >= 0.6 is 0 Å². The van der Waals surface area contributed by atoms with Crippen LogP contribution in [0, 0.1) is 5.92 Å². The lowest BCUT2D eigenvalue weighted by Gasteiger charge is -2.10. The van der Waals surface area contributed by atoms with Crippen molar-refractivity contribution in [3.05, 3.63) is 29.8 Å². The van der Waals surface area contributed by atoms with Crippen LogP contribution in [0.4, 0.5) is 0 Å². The van der Waals surface area contributed by atoms with Crippen LogP contribution in [0.25, 0.3) is 0 Å². The van der Waals surface area contributed by atoms with Gasteiger partial charge in [0.25, 0.3) is 0 Å². The molecule has 0 amide bonds. The Hall–Kier alpha value is -1.06. The van der Waals surface area contributed by atoms with Crippen molar-refractivity contribution in [1.82, 2.24) is 5.32 Å². The summed E-state index contributed by atoms with van der Waals surface area (Å²) < 4.78 is 5.11. The molecule has 1 aliphatic carbocycles. The smallest absolute Gasteiger partial charge is 0.118 e. The third-order valence-corrected chi connectivity index (χ3v) is 3.27. The Bertz CT molecular complexity index is 333. The first kappa shape index (κ1) is 12.4. The number of rotatable bonds is 7. The van der Waals surface area contributed by atoms with Gasteiger partial charge in [-0.05, 0) is 49.4 Å². The van der Waals surface area contributed by atoms with Crippen LogP contribution in [0.1, 0.15) is 18.4 Å². The Labute approximate surface area is 103 Å². The summed E-state index contributed by atoms with van der Waals surface area (Å²) in [6.07, 6.45) is 3.23. The van der Waals surface area contributed by atoms with Crippen LogP contribution in [-0.4, -0.2) is 31.4 Å². The fourth-order valence-electron chi connectivity index (χ4n) is 1.92. The van der Waals surface area contributed by atoms with Crippen molar-refractivity contribution < 1.29 is 9.84 Å². The molecule has 1 fully saturated rings. The van der Waals surface area contributed by atoms with Crippen molar-refractivity contribution in [1.29, 1.82) is 0 Å². The summed E-state index contributed by atoms with van der Waals surface area (Å²) in [6.45, 7) is 1.64. The molecule has 0 radical (unpaired) electrons. The highest BCUT2D eigenvalue weighted by Gasteiger charge is 2.28. The molecule has 0 aliphatic heterocycles. The molecule has 1 aliphatic rings. The van der Waals surface area contributed by atoms with Crippen molar-refractivity contribution in [3.8, 4) is 5.75 Å². The van der Waals surface area contributed by atoms with E-state index in [0.717, 1.165) is 25.3 Å². The highest BCUT2D eigenvalue weighted by Crippen LogP contribution is 2.32. The third kappa shape index (κ3) is 4.02. The van der Waals surface area contributed by atoms with Crippen LogP contribution in [0.15, 0.2) is 24.3 Å². The molecule has 0 heterocycles. The van der Waals surface area contributed by atoms with Gasteiger partial charge in [-0.25, -0.2) is 0 Å². The summed E-state index contributed by atoms with van der Waals surface area (Å²) >= 11 is 0. The zero-order valence-electron chi connectivity index (χ0n) is 10.4. The van der Waals surface area contributed by atoms with E-state index < -0.39 is 0 Å². The molecule has 0 aromatic heterocycles. The summed E-state index contributed by atoms with van der Waals surface area (Å²) in [5, 5.41) is 13.0. The average molecular weight is 235 g/mol. The lowest BCUT2D eigenvalue weighted by atomic mass is 10.1. The standard InChI is InChI=1S/C14H21NO2/c1-17-13-6-2-11(3-7-13)8-9-15-10-14(16)12-4-5-12/h2-3,6-7,12,14-16H,4-5,8-10H2,1H3. The fraction of sp³-hybridized carbons (Fsp3) is 0.571. The molecule has 0 spiro atoms. The molecule has 3 heteroatoms. The predicted molar refractivity (Wildman–Crippen MR) is 68.3 cm³/mol. The number of nitrogens with one attached hydrogen (secondary N) is 1. The van der Waals surface area contributed by atoms with Crippen molar-refractivity contribution >= 4 is 0 Å². The van der Waals surface area contributed by atoms with Crippen molar-refractivity contribution in [2.24, 2.45) is 5.92 Å². The van der Waals surface area contributed by atoms with Gasteiger partial charge in [-0.1, -0.05) is 12.1 Å². The molecule has 0 bridgehead atoms. The molecular weight excluding hydrogens is 214 g/mol. The number of methoxy groups -OCH3 is 1. The molecule has 1 saturated carbocycles. The fourth-order valence-corrected chi connectivity index (χ4v) is 1.92. The van der Waals surface area contributed by atoms with Gasteiger partial charge in [0.05, 0.1) is 13.2 Å². The second-order valence-corrected chi connectivity index (χ2v) is 4.71. The molecule has 3 nitrogen and oxygen atoms in total. The van der Waals surface area contributed by atoms with E-state index in [4.69, 9.17) is 4.74 Å². The number of aliphatic hydroxyl groups is 1. The van der Waals surface area contributed by atoms with E-state index in [-0.39, 0.29) is 6.10 Å². The lowest BCUT2D eigenvalue weighted by molar-refractivity contribution is 0.149. The molecule has 2 N–H and O–H groups in total. The molecular formula is C14H21NO2. The number of aliphatic hydroxyl groups excluding tert-OH is 1. The number of benzene rings is 1. The Morgan fingerprint density at radius 1 is 1.35 bits per heavy atom. The van der Waals surface area contributed by atoms with E-state index in [1.165, 1.54) is 18.4 Å². The van der Waals surface area contributed by atoms with Gasteiger partial charge >= 0.3 is 0 Å². The molecule has 1 unspecified atom stereocenters.